The van der Waals surface area contributed by atoms with Gasteiger partial charge in [0.2, 0.25) is 23.6 Å². The molecule has 17 rings (SSSR count). The maximum atomic E-state index is 14.0. The summed E-state index contributed by atoms with van der Waals surface area (Å²) in [4.78, 5) is 143. The zero-order valence-corrected chi connectivity index (χ0v) is 80.0. The summed E-state index contributed by atoms with van der Waals surface area (Å²) in [5.41, 5.74) is 9.60. The van der Waals surface area contributed by atoms with Gasteiger partial charge in [0.1, 0.15) is 47.5 Å². The molecule has 0 unspecified atom stereocenters. The fourth-order valence-corrected chi connectivity index (χ4v) is 20.1. The second-order valence-electron chi connectivity index (χ2n) is 38.4. The summed E-state index contributed by atoms with van der Waals surface area (Å²) in [5, 5.41) is 34.5. The highest BCUT2D eigenvalue weighted by Crippen LogP contribution is 2.53. The molecule has 8 N–H and O–H groups in total. The number of aromatic nitrogens is 8. The Bertz CT molecular complexity index is 6080. The van der Waals surface area contributed by atoms with Gasteiger partial charge >= 0.3 is 31.5 Å². The van der Waals surface area contributed by atoms with Gasteiger partial charge in [-0.1, -0.05) is 162 Å². The number of rotatable bonds is 22. The first-order valence-corrected chi connectivity index (χ1v) is 46.8. The van der Waals surface area contributed by atoms with Crippen LogP contribution >= 0.6 is 15.9 Å². The van der Waals surface area contributed by atoms with E-state index in [4.69, 9.17) is 33.2 Å². The Balaban J connectivity index is 0.000000164. The number of halogens is 1. The van der Waals surface area contributed by atoms with E-state index in [-0.39, 0.29) is 96.4 Å². The van der Waals surface area contributed by atoms with Gasteiger partial charge < -0.3 is 89.1 Å². The minimum absolute atomic E-state index is 0.0497. The molecule has 4 aromatic heterocycles. The average Bonchev–Trinajstić information content (AvgIpc) is 1.59. The number of nitriles is 2. The molecule has 14 atom stereocenters. The monoisotopic (exact) mass is 1880 g/mol. The van der Waals surface area contributed by atoms with Crippen LogP contribution < -0.4 is 26.7 Å². The number of benzene rings is 6. The molecule has 4 bridgehead atoms. The number of alkyl carbamates (subject to hydrolysis) is 4. The number of nitrogens with zero attached hydrogens (tertiary/aromatic N) is 10. The van der Waals surface area contributed by atoms with E-state index in [9.17, 15) is 48.9 Å². The molecule has 5 aliphatic heterocycles. The molecule has 9 heterocycles. The van der Waals surface area contributed by atoms with Crippen molar-refractivity contribution < 1.29 is 66.6 Å². The van der Waals surface area contributed by atoms with Gasteiger partial charge in [-0.3, -0.25) is 19.2 Å². The normalized spacial score (nSPS) is 22.1. The van der Waals surface area contributed by atoms with E-state index in [1.54, 1.807) is 22.2 Å². The smallest absolute Gasteiger partial charge is 0.453 e. The Morgan fingerprint density at radius 3 is 1.10 bits per heavy atom. The highest BCUT2D eigenvalue weighted by molar-refractivity contribution is 9.10. The third kappa shape index (κ3) is 20.0. The van der Waals surface area contributed by atoms with Gasteiger partial charge in [-0.15, -0.1) is 0 Å². The Kier molecular flexibility index (Phi) is 28.6. The van der Waals surface area contributed by atoms with E-state index in [1.807, 2.05) is 148 Å². The Hall–Kier alpha value is -12.9. The molecule has 134 heavy (non-hydrogen) atoms. The third-order valence-electron chi connectivity index (χ3n) is 27.9. The van der Waals surface area contributed by atoms with Crippen molar-refractivity contribution in [1.82, 2.24) is 80.7 Å². The number of imidazole rings is 4. The van der Waals surface area contributed by atoms with Crippen molar-refractivity contribution in [2.24, 2.45) is 47.3 Å². The lowest BCUT2D eigenvalue weighted by Crippen LogP contribution is -2.54. The van der Waals surface area contributed by atoms with Gasteiger partial charge in [0, 0.05) is 40.8 Å². The number of ether oxygens (including phenoxy) is 4. The lowest BCUT2D eigenvalue weighted by atomic mass is 9.78. The highest BCUT2D eigenvalue weighted by atomic mass is 79.9. The van der Waals surface area contributed by atoms with Gasteiger partial charge in [-0.25, -0.2) is 39.1 Å². The van der Waals surface area contributed by atoms with Crippen LogP contribution in [0.1, 0.15) is 182 Å². The molecule has 2 aliphatic carbocycles. The van der Waals surface area contributed by atoms with E-state index in [0.29, 0.717) is 36.3 Å². The number of hydrogen-bond donors (Lipinski definition) is 8. The maximum Gasteiger partial charge on any atom is 0.494 e. The average molecular weight is 1890 g/mol. The first-order chi connectivity index (χ1) is 64.1. The van der Waals surface area contributed by atoms with Crippen molar-refractivity contribution in [3.63, 3.8) is 0 Å². The van der Waals surface area contributed by atoms with Crippen molar-refractivity contribution in [2.75, 3.05) is 41.5 Å². The minimum Gasteiger partial charge on any atom is -0.453 e. The Morgan fingerprint density at radius 1 is 0.418 bits per heavy atom. The molecular formula is C100H118BBrN18O14. The SMILES string of the molecule is COC(=O)N[C@H](C(=O)N1C[C@@H](C#N)C[C@H]1c1ncc(-c2ccc3cc(-c4ccc(-c5cnc([C@@H]6[C@H]7CC[C@H](C7)N6C(=O)[C@@H](NC(=O)OC)C(C)C)[nH]5)cc4)ccc3c2)[nH]1)C(C)C.COC(=O)N[C@H](C(=O)N1C[C@@H](C#N)C[C@H]1c1ncc(-c2ccc3cc(B4OC(C)(C)C(C)(C)O4)ccc3c2)[nH]1)C(C)C.COC(=O)N[C@H](C(=O)N1[C@@H]2CC[C@@H](C2)[C@H]1c1ncc(-c2ccc(Br)cc2)[nH]1)C(C)C. The number of aromatic amines is 4. The van der Waals surface area contributed by atoms with E-state index < -0.39 is 78.9 Å². The number of amides is 8. The van der Waals surface area contributed by atoms with Gasteiger partial charge in [0.15, 0.2) is 0 Å². The van der Waals surface area contributed by atoms with Gasteiger partial charge in [0.05, 0.1) is 135 Å². The zero-order valence-electron chi connectivity index (χ0n) is 78.5. The first-order valence-electron chi connectivity index (χ1n) is 46.0. The van der Waals surface area contributed by atoms with Crippen molar-refractivity contribution in [1.29, 1.82) is 10.5 Å². The number of fused-ring (bicyclic) bond motifs is 6. The molecule has 0 spiro atoms. The number of nitrogens with one attached hydrogen (secondary N) is 8. The Morgan fingerprint density at radius 2 is 0.731 bits per heavy atom. The minimum atomic E-state index is -0.809. The first kappa shape index (κ1) is 95.7. The van der Waals surface area contributed by atoms with Crippen LogP contribution in [0.15, 0.2) is 151 Å². The fourth-order valence-electron chi connectivity index (χ4n) is 19.9. The van der Waals surface area contributed by atoms with Crippen LogP contribution in [0.25, 0.3) is 77.7 Å². The van der Waals surface area contributed by atoms with Gasteiger partial charge in [-0.2, -0.15) is 10.5 Å². The van der Waals surface area contributed by atoms with Crippen LogP contribution in [0, 0.1) is 70.0 Å². The van der Waals surface area contributed by atoms with E-state index >= 15 is 0 Å². The maximum absolute atomic E-state index is 14.0. The number of methoxy groups -OCH3 is 4. The molecule has 7 aliphatic rings. The predicted octanol–water partition coefficient (Wildman–Crippen LogP) is 16.1. The van der Waals surface area contributed by atoms with E-state index in [1.165, 1.54) is 28.4 Å². The van der Waals surface area contributed by atoms with Gasteiger partial charge in [0.25, 0.3) is 0 Å². The van der Waals surface area contributed by atoms with Crippen LogP contribution in [0.2, 0.25) is 0 Å². The van der Waals surface area contributed by atoms with Crippen LogP contribution in [0.3, 0.4) is 0 Å². The molecule has 702 valence electrons. The molecule has 34 heteroatoms. The van der Waals surface area contributed by atoms with Crippen LogP contribution in [-0.2, 0) is 47.4 Å². The molecule has 0 radical (unpaired) electrons. The molecule has 5 saturated heterocycles. The quantitative estimate of drug-likeness (QED) is 0.0231. The number of H-pyrrole nitrogens is 4. The van der Waals surface area contributed by atoms with Crippen molar-refractivity contribution >= 4 is 98.1 Å². The van der Waals surface area contributed by atoms with Crippen LogP contribution in [0.4, 0.5) is 19.2 Å². The standard InChI is InChI=1S/C47H53N9O6.C31H38BN5O5.C22H27BrN4O3/c1-25(2)39(53-46(59)61-5)44(57)55-24-27(21-48)17-38(55)42-49-23-37(51-42)33-14-13-31-18-30(11-12-32(31)19-33)28-7-9-29(10-8-28)36-22-50-43(52-36)41-34-15-16-35(20-34)56(41)45(58)40(26(3)4)54-47(60)62-6;1-18(2)26(36-29(39)40-7)28(38)37-17-19(15-33)12-25(37)27-34-16-24(35-27)22-9-8-21-14-23(11-10-20(21)13-22)32-41-30(3,4)31(5,6)42-32;1-12(2)18(26-22(29)30-3)21(28)27-16-9-6-14(10-16)19(27)20-24-11-17(25-20)13-4-7-15(23)8-5-13/h7-14,18-19,22-23,25-27,34-35,38-41H,15-17,20,24H2,1-6H3,(H,49,51)(H,50,52)(H,53,59)(H,54,60);8-11,13-14,16,18-19,25-26H,12,17H2,1-7H3,(H,34,35)(H,36,39);4-5,7-8,11-12,14,16,18-19H,6,9-10H2,1-3H3,(H,24,25)(H,26,29)/t27-,34+,35-,38+,39+,40+,41+;19-,25+,26+;14-,16+,18-,19-/m110/s1. The second kappa shape index (κ2) is 40.1. The summed E-state index contributed by atoms with van der Waals surface area (Å²) in [6, 6.07) is 42.2. The number of carbonyl (C=O) groups excluding carboxylic acids is 8. The summed E-state index contributed by atoms with van der Waals surface area (Å²) >= 11 is 3.46. The molecule has 8 amide bonds. The van der Waals surface area contributed by atoms with Crippen LogP contribution in [-0.4, -0.2) is 204 Å². The molecule has 2 saturated carbocycles. The predicted molar refractivity (Wildman–Crippen MR) is 508 cm³/mol. The van der Waals surface area contributed by atoms with E-state index in [2.05, 4.69) is 163 Å². The van der Waals surface area contributed by atoms with Gasteiger partial charge in [-0.05, 0) is 194 Å². The Labute approximate surface area is 788 Å². The van der Waals surface area contributed by atoms with Crippen molar-refractivity contribution in [2.45, 2.75) is 206 Å². The summed E-state index contributed by atoms with van der Waals surface area (Å²) in [7, 11) is 4.70. The molecule has 32 nitrogen and oxygen atoms in total. The number of hydrogen-bond acceptors (Lipinski definition) is 20. The summed E-state index contributed by atoms with van der Waals surface area (Å²) < 4.78 is 32.5. The molecule has 6 aromatic carbocycles. The molecule has 10 aromatic rings. The molecular weight excluding hydrogens is 1770 g/mol. The lowest BCUT2D eigenvalue weighted by Gasteiger charge is -2.37. The fraction of sp³-hybridized carbons (Fsp3) is 0.460. The highest BCUT2D eigenvalue weighted by Gasteiger charge is 2.55. The second-order valence-corrected chi connectivity index (χ2v) is 39.3. The summed E-state index contributed by atoms with van der Waals surface area (Å²) in [6.45, 7) is 23.8. The summed E-state index contributed by atoms with van der Waals surface area (Å²) in [5.74, 6) is 1.52. The molecule has 7 fully saturated rings. The topological polar surface area (TPSA) is 415 Å². The third-order valence-corrected chi connectivity index (χ3v) is 28.4. The van der Waals surface area contributed by atoms with Crippen molar-refractivity contribution in [3.8, 4) is 68.3 Å². The van der Waals surface area contributed by atoms with Crippen LogP contribution in [0.5, 0.6) is 0 Å². The number of piperidine rings is 2. The zero-order chi connectivity index (χ0) is 95.6. The van der Waals surface area contributed by atoms with E-state index in [0.717, 1.165) is 138 Å². The lowest BCUT2D eigenvalue weighted by molar-refractivity contribution is -0.140. The summed E-state index contributed by atoms with van der Waals surface area (Å²) in [6.07, 6.45) is 11.5. The largest absolute Gasteiger partial charge is 0.494 e. The number of carbonyl (C=O) groups is 8. The van der Waals surface area contributed by atoms with Crippen molar-refractivity contribution in [3.05, 3.63) is 174 Å². The number of likely N-dealkylation sites (tertiary alicyclic amines) is 4.